The van der Waals surface area contributed by atoms with E-state index in [1.165, 1.54) is 12.1 Å². The van der Waals surface area contributed by atoms with Gasteiger partial charge in [0, 0.05) is 11.1 Å². The molecule has 5 N–H and O–H groups in total. The Hall–Kier alpha value is -3.12. The van der Waals surface area contributed by atoms with E-state index in [1.807, 2.05) is 5.43 Å². The summed E-state index contributed by atoms with van der Waals surface area (Å²) in [6, 6.07) is 14.9. The molecule has 2 amide bonds. The molecule has 0 unspecified atom stereocenters. The molecule has 0 saturated heterocycles. The van der Waals surface area contributed by atoms with Crippen molar-refractivity contribution in [2.24, 2.45) is 5.84 Å². The van der Waals surface area contributed by atoms with Gasteiger partial charge in [-0.1, -0.05) is 36.4 Å². The van der Waals surface area contributed by atoms with Crippen LogP contribution in [0.2, 0.25) is 0 Å². The van der Waals surface area contributed by atoms with Crippen LogP contribution in [0.1, 0.15) is 15.9 Å². The Labute approximate surface area is 127 Å². The zero-order chi connectivity index (χ0) is 15.9. The van der Waals surface area contributed by atoms with Gasteiger partial charge in [0.2, 0.25) is 0 Å². The summed E-state index contributed by atoms with van der Waals surface area (Å²) in [5, 5.41) is 12.2. The van der Waals surface area contributed by atoms with E-state index >= 15 is 0 Å². The van der Waals surface area contributed by atoms with Crippen molar-refractivity contribution in [3.8, 4) is 5.75 Å². The lowest BCUT2D eigenvalue weighted by molar-refractivity contribution is -0.117. The number of carbonyl (C=O) groups excluding carboxylic acids is 2. The third-order valence-electron chi connectivity index (χ3n) is 2.90. The first-order chi connectivity index (χ1) is 10.6. The molecule has 0 aliphatic heterocycles. The fraction of sp³-hybridized carbons (Fsp3) is 0. The summed E-state index contributed by atoms with van der Waals surface area (Å²) in [6.07, 6.45) is 1.35. The Morgan fingerprint density at radius 2 is 1.64 bits per heavy atom. The number of hydrogen-bond acceptors (Lipinski definition) is 4. The molecule has 0 atom stereocenters. The van der Waals surface area contributed by atoms with Gasteiger partial charge in [-0.3, -0.25) is 15.0 Å². The summed E-state index contributed by atoms with van der Waals surface area (Å²) in [5.41, 5.74) is 2.67. The summed E-state index contributed by atoms with van der Waals surface area (Å²) >= 11 is 0. The number of carbonyl (C=O) groups is 2. The molecule has 112 valence electrons. The minimum absolute atomic E-state index is 0.0150. The van der Waals surface area contributed by atoms with Crippen LogP contribution in [-0.4, -0.2) is 16.9 Å². The van der Waals surface area contributed by atoms with Crippen molar-refractivity contribution in [2.45, 2.75) is 0 Å². The summed E-state index contributed by atoms with van der Waals surface area (Å²) in [6.45, 7) is 0. The predicted molar refractivity (Wildman–Crippen MR) is 82.3 cm³/mol. The summed E-state index contributed by atoms with van der Waals surface area (Å²) in [5.74, 6) is 3.98. The average molecular weight is 297 g/mol. The first-order valence-electron chi connectivity index (χ1n) is 6.49. The number of phenolic OH excluding ortho intramolecular Hbond substituents is 1. The molecule has 0 saturated carbocycles. The van der Waals surface area contributed by atoms with Crippen molar-refractivity contribution in [1.82, 2.24) is 10.7 Å². The minimum atomic E-state index is -0.674. The van der Waals surface area contributed by atoms with Crippen LogP contribution < -0.4 is 16.6 Å². The Morgan fingerprint density at radius 3 is 2.27 bits per heavy atom. The van der Waals surface area contributed by atoms with E-state index in [0.717, 1.165) is 0 Å². The van der Waals surface area contributed by atoms with Crippen LogP contribution in [0, 0.1) is 0 Å². The Balaban J connectivity index is 2.30. The van der Waals surface area contributed by atoms with Crippen molar-refractivity contribution >= 4 is 17.9 Å². The Morgan fingerprint density at radius 1 is 1.00 bits per heavy atom. The molecule has 0 spiro atoms. The highest BCUT2D eigenvalue weighted by Gasteiger charge is 2.14. The van der Waals surface area contributed by atoms with Crippen molar-refractivity contribution in [3.63, 3.8) is 0 Å². The second kappa shape index (κ2) is 7.05. The number of hydrogen-bond donors (Lipinski definition) is 4. The quantitative estimate of drug-likeness (QED) is 0.294. The van der Waals surface area contributed by atoms with Crippen LogP contribution in [0.5, 0.6) is 5.75 Å². The molecule has 0 radical (unpaired) electrons. The largest absolute Gasteiger partial charge is 0.507 e. The molecule has 0 fully saturated rings. The molecule has 0 aromatic heterocycles. The van der Waals surface area contributed by atoms with E-state index in [0.29, 0.717) is 11.1 Å². The smallest absolute Gasteiger partial charge is 0.281 e. The number of rotatable bonds is 4. The molecular formula is C16H15N3O3. The summed E-state index contributed by atoms with van der Waals surface area (Å²) in [4.78, 5) is 23.9. The third kappa shape index (κ3) is 3.71. The van der Waals surface area contributed by atoms with Gasteiger partial charge in [0.25, 0.3) is 11.8 Å². The topological polar surface area (TPSA) is 104 Å². The number of aromatic hydroxyl groups is 1. The molecule has 0 aliphatic rings. The van der Waals surface area contributed by atoms with Gasteiger partial charge in [0.1, 0.15) is 11.4 Å². The first-order valence-corrected chi connectivity index (χ1v) is 6.49. The van der Waals surface area contributed by atoms with Gasteiger partial charge >= 0.3 is 0 Å². The molecule has 2 aromatic rings. The highest BCUT2D eigenvalue weighted by Crippen LogP contribution is 2.18. The number of hydrazine groups is 1. The SMILES string of the molecule is NNC(=O)/C(=C/c1ccccc1O)NC(=O)c1ccccc1. The fourth-order valence-corrected chi connectivity index (χ4v) is 1.79. The van der Waals surface area contributed by atoms with Gasteiger partial charge in [-0.15, -0.1) is 0 Å². The summed E-state index contributed by atoms with van der Waals surface area (Å²) < 4.78 is 0. The van der Waals surface area contributed by atoms with Crippen LogP contribution in [0.15, 0.2) is 60.3 Å². The molecule has 6 heteroatoms. The molecule has 0 bridgehead atoms. The minimum Gasteiger partial charge on any atom is -0.507 e. The lowest BCUT2D eigenvalue weighted by Gasteiger charge is -2.09. The maximum atomic E-state index is 12.1. The Kier molecular flexibility index (Phi) is 4.89. The lowest BCUT2D eigenvalue weighted by Crippen LogP contribution is -2.38. The van der Waals surface area contributed by atoms with E-state index < -0.39 is 11.8 Å². The van der Waals surface area contributed by atoms with Crippen molar-refractivity contribution in [3.05, 3.63) is 71.4 Å². The maximum Gasteiger partial charge on any atom is 0.281 e. The predicted octanol–water partition coefficient (Wildman–Crippen LogP) is 1.15. The van der Waals surface area contributed by atoms with Crippen LogP contribution in [0.25, 0.3) is 6.08 Å². The van der Waals surface area contributed by atoms with Crippen molar-refractivity contribution in [1.29, 1.82) is 0 Å². The molecule has 22 heavy (non-hydrogen) atoms. The van der Waals surface area contributed by atoms with E-state index in [2.05, 4.69) is 5.32 Å². The highest BCUT2D eigenvalue weighted by atomic mass is 16.3. The second-order valence-electron chi connectivity index (χ2n) is 4.41. The van der Waals surface area contributed by atoms with Crippen LogP contribution >= 0.6 is 0 Å². The number of nitrogens with one attached hydrogen (secondary N) is 2. The fourth-order valence-electron chi connectivity index (χ4n) is 1.79. The molecule has 0 aliphatic carbocycles. The van der Waals surface area contributed by atoms with Gasteiger partial charge in [-0.25, -0.2) is 5.84 Å². The molecule has 6 nitrogen and oxygen atoms in total. The van der Waals surface area contributed by atoms with E-state index in [9.17, 15) is 14.7 Å². The number of phenols is 1. The first kappa shape index (κ1) is 15.3. The number of para-hydroxylation sites is 1. The van der Waals surface area contributed by atoms with Gasteiger partial charge in [-0.05, 0) is 24.3 Å². The van der Waals surface area contributed by atoms with Gasteiger partial charge in [-0.2, -0.15) is 0 Å². The van der Waals surface area contributed by atoms with Crippen LogP contribution in [-0.2, 0) is 4.79 Å². The van der Waals surface area contributed by atoms with Crippen LogP contribution in [0.3, 0.4) is 0 Å². The zero-order valence-electron chi connectivity index (χ0n) is 11.6. The maximum absolute atomic E-state index is 12.1. The van der Waals surface area contributed by atoms with E-state index in [1.54, 1.807) is 48.5 Å². The van der Waals surface area contributed by atoms with Gasteiger partial charge in [0.15, 0.2) is 0 Å². The standard InChI is InChI=1S/C16H15N3O3/c17-19-16(22)13(10-12-8-4-5-9-14(12)20)18-15(21)11-6-2-1-3-7-11/h1-10,20H,17H2,(H,18,21)(H,19,22)/b13-10-. The second-order valence-corrected chi connectivity index (χ2v) is 4.41. The Bertz CT molecular complexity index is 712. The molecule has 2 rings (SSSR count). The zero-order valence-corrected chi connectivity index (χ0v) is 11.6. The third-order valence-corrected chi connectivity index (χ3v) is 2.90. The van der Waals surface area contributed by atoms with E-state index in [4.69, 9.17) is 5.84 Å². The van der Waals surface area contributed by atoms with E-state index in [-0.39, 0.29) is 11.4 Å². The molecule has 2 aromatic carbocycles. The average Bonchev–Trinajstić information content (AvgIpc) is 2.56. The van der Waals surface area contributed by atoms with Gasteiger partial charge in [0.05, 0.1) is 0 Å². The number of nitrogens with two attached hydrogens (primary N) is 1. The van der Waals surface area contributed by atoms with Crippen LogP contribution in [0.4, 0.5) is 0 Å². The summed E-state index contributed by atoms with van der Waals surface area (Å²) in [7, 11) is 0. The van der Waals surface area contributed by atoms with Gasteiger partial charge < -0.3 is 10.4 Å². The number of amides is 2. The molecule has 0 heterocycles. The number of benzene rings is 2. The lowest BCUT2D eigenvalue weighted by atomic mass is 10.1. The monoisotopic (exact) mass is 297 g/mol. The highest BCUT2D eigenvalue weighted by molar-refractivity contribution is 6.05. The molecular weight excluding hydrogens is 282 g/mol. The van der Waals surface area contributed by atoms with Crippen molar-refractivity contribution in [2.75, 3.05) is 0 Å². The van der Waals surface area contributed by atoms with Crippen molar-refractivity contribution < 1.29 is 14.7 Å². The normalized spacial score (nSPS) is 10.9.